The van der Waals surface area contributed by atoms with Crippen molar-refractivity contribution in [2.75, 3.05) is 33.2 Å². The summed E-state index contributed by atoms with van der Waals surface area (Å²) in [5.41, 5.74) is 0. The van der Waals surface area contributed by atoms with Gasteiger partial charge in [-0.25, -0.2) is 22.0 Å². The minimum Gasteiger partial charge on any atom is -0.381 e. The Labute approximate surface area is 315 Å². The van der Waals surface area contributed by atoms with Gasteiger partial charge in [0.25, 0.3) is 0 Å². The third-order valence-electron chi connectivity index (χ3n) is 7.49. The van der Waals surface area contributed by atoms with Gasteiger partial charge in [0.2, 0.25) is 0 Å². The quantitative estimate of drug-likeness (QED) is 0.133. The minimum atomic E-state index is -0.799. The molecule has 0 radical (unpaired) electrons. The van der Waals surface area contributed by atoms with Crippen LogP contribution in [0.25, 0.3) is 0 Å². The number of halogens is 5. The van der Waals surface area contributed by atoms with E-state index in [1.54, 1.807) is 18.2 Å². The molecule has 1 saturated carbocycles. The predicted octanol–water partition coefficient (Wildman–Crippen LogP) is 13.5. The van der Waals surface area contributed by atoms with E-state index in [0.29, 0.717) is 6.79 Å². The van der Waals surface area contributed by atoms with E-state index in [9.17, 15) is 22.0 Å². The molecule has 4 aromatic carbocycles. The number of allylic oxidation sites excluding steroid dienone is 2. The maximum atomic E-state index is 11.9. The van der Waals surface area contributed by atoms with Gasteiger partial charge in [-0.1, -0.05) is 123 Å². The van der Waals surface area contributed by atoms with Crippen LogP contribution in [0.5, 0.6) is 0 Å². The molecule has 4 aromatic rings. The third-order valence-corrected chi connectivity index (χ3v) is 7.49. The van der Waals surface area contributed by atoms with Gasteiger partial charge in [-0.15, -0.1) is 0 Å². The van der Waals surface area contributed by atoms with Gasteiger partial charge in [0, 0.05) is 19.3 Å². The molecule has 3 nitrogen and oxygen atoms in total. The van der Waals surface area contributed by atoms with Crippen molar-refractivity contribution in [2.24, 2.45) is 0 Å². The van der Waals surface area contributed by atoms with E-state index in [-0.39, 0.29) is 5.82 Å². The Kier molecular flexibility index (Phi) is 32.5. The van der Waals surface area contributed by atoms with E-state index >= 15 is 0 Å². The van der Waals surface area contributed by atoms with Crippen LogP contribution in [-0.2, 0) is 14.2 Å². The number of hydrogen-bond donors (Lipinski definition) is 0. The largest absolute Gasteiger partial charge is 0.381 e. The van der Waals surface area contributed by atoms with Gasteiger partial charge >= 0.3 is 0 Å². The molecule has 0 unspecified atom stereocenters. The number of benzene rings is 4. The highest BCUT2D eigenvalue weighted by molar-refractivity contribution is 5.06. The summed E-state index contributed by atoms with van der Waals surface area (Å²) < 4.78 is 74.4. The molecule has 2 aliphatic carbocycles. The van der Waals surface area contributed by atoms with E-state index in [1.165, 1.54) is 126 Å². The lowest BCUT2D eigenvalue weighted by Gasteiger charge is -2.09. The molecule has 8 rings (SSSR count). The Morgan fingerprint density at radius 2 is 0.679 bits per heavy atom. The molecule has 0 atom stereocenters. The third kappa shape index (κ3) is 33.7. The first-order valence-corrected chi connectivity index (χ1v) is 18.9. The highest BCUT2D eigenvalue weighted by Gasteiger charge is 1.97. The van der Waals surface area contributed by atoms with Crippen LogP contribution in [0.3, 0.4) is 0 Å². The van der Waals surface area contributed by atoms with Gasteiger partial charge in [0.05, 0.1) is 13.2 Å². The van der Waals surface area contributed by atoms with Gasteiger partial charge in [-0.05, 0) is 87.8 Å². The Hall–Kier alpha value is -3.85. The first kappa shape index (κ1) is 47.2. The van der Waals surface area contributed by atoms with Gasteiger partial charge in [0.15, 0.2) is 11.6 Å². The van der Waals surface area contributed by atoms with Crippen molar-refractivity contribution in [3.63, 3.8) is 0 Å². The average molecular weight is 743 g/mol. The van der Waals surface area contributed by atoms with Crippen LogP contribution >= 0.6 is 0 Å². The molecule has 4 aliphatic rings. The van der Waals surface area contributed by atoms with Gasteiger partial charge < -0.3 is 14.2 Å². The predicted molar refractivity (Wildman–Crippen MR) is 207 cm³/mol. The fraction of sp³-hybridized carbons (Fsp3) is 0.422. The number of ether oxygens (including phenoxy) is 3. The fourth-order valence-corrected chi connectivity index (χ4v) is 4.65. The van der Waals surface area contributed by atoms with E-state index < -0.39 is 23.3 Å². The molecule has 8 heteroatoms. The van der Waals surface area contributed by atoms with Crippen molar-refractivity contribution in [2.45, 2.75) is 89.9 Å². The lowest BCUT2D eigenvalue weighted by Crippen LogP contribution is -2.11. The fourth-order valence-electron chi connectivity index (χ4n) is 4.65. The van der Waals surface area contributed by atoms with Crippen LogP contribution in [-0.4, -0.2) is 33.2 Å². The summed E-state index contributed by atoms with van der Waals surface area (Å²) in [6.07, 6.45) is 24.0. The van der Waals surface area contributed by atoms with Crippen molar-refractivity contribution >= 4 is 0 Å². The summed E-state index contributed by atoms with van der Waals surface area (Å²) >= 11 is 0. The van der Waals surface area contributed by atoms with E-state index in [4.69, 9.17) is 14.2 Å². The van der Waals surface area contributed by atoms with E-state index in [0.717, 1.165) is 51.0 Å². The minimum absolute atomic E-state index is 0.178. The van der Waals surface area contributed by atoms with Crippen LogP contribution in [0.4, 0.5) is 22.0 Å². The standard InChI is InChI=1S/2C6H4F2.C6H5F.C6H12.C6H10.C6H6.C5H10O.C4H8O2/c7-5-2-1-3-6(8)4-5;7-5-3-1-2-4-6(5)8;7-6-4-2-1-3-5-6;4*1-2-4-6-5-3-1;1-2-5-4-6-3-1/h2*1-4H;1-5H;1-6H2;1-2H,3-6H2;1-6H;1-5H2;1-4H2. The van der Waals surface area contributed by atoms with Crippen molar-refractivity contribution < 1.29 is 36.2 Å². The summed E-state index contributed by atoms with van der Waals surface area (Å²) in [4.78, 5) is 0. The van der Waals surface area contributed by atoms with E-state index in [2.05, 4.69) is 12.2 Å². The van der Waals surface area contributed by atoms with Gasteiger partial charge in [0.1, 0.15) is 24.2 Å². The molecular weight excluding hydrogens is 683 g/mol. The first-order chi connectivity index (χ1) is 26.0. The van der Waals surface area contributed by atoms with Gasteiger partial charge in [-0.3, -0.25) is 0 Å². The Morgan fingerprint density at radius 3 is 0.887 bits per heavy atom. The molecule has 3 fully saturated rings. The second kappa shape index (κ2) is 36.5. The normalized spacial score (nSPS) is 15.4. The zero-order chi connectivity index (χ0) is 38.3. The molecule has 2 aliphatic heterocycles. The summed E-state index contributed by atoms with van der Waals surface area (Å²) in [5, 5.41) is 0. The monoisotopic (exact) mass is 742 g/mol. The number of rotatable bonds is 0. The maximum absolute atomic E-state index is 11.9. The highest BCUT2D eigenvalue weighted by atomic mass is 19.2. The Balaban J connectivity index is 0.000000304. The molecule has 53 heavy (non-hydrogen) atoms. The topological polar surface area (TPSA) is 27.7 Å². The molecule has 292 valence electrons. The molecule has 0 amide bonds. The zero-order valence-corrected chi connectivity index (χ0v) is 31.2. The summed E-state index contributed by atoms with van der Waals surface area (Å²) in [5.74, 6) is -2.85. The Morgan fingerprint density at radius 1 is 0.321 bits per heavy atom. The lowest BCUT2D eigenvalue weighted by atomic mass is 10.0. The zero-order valence-electron chi connectivity index (χ0n) is 31.2. The molecule has 2 saturated heterocycles. The number of hydrogen-bond acceptors (Lipinski definition) is 3. The highest BCUT2D eigenvalue weighted by Crippen LogP contribution is 2.15. The van der Waals surface area contributed by atoms with E-state index in [1.807, 2.05) is 36.4 Å². The second-order valence-electron chi connectivity index (χ2n) is 12.1. The lowest BCUT2D eigenvalue weighted by molar-refractivity contribution is -0.0963. The van der Waals surface area contributed by atoms with Crippen molar-refractivity contribution in [3.05, 3.63) is 156 Å². The molecule has 0 spiro atoms. The van der Waals surface area contributed by atoms with Gasteiger partial charge in [-0.2, -0.15) is 0 Å². The summed E-state index contributed by atoms with van der Waals surface area (Å²) in [6, 6.07) is 29.5. The second-order valence-corrected chi connectivity index (χ2v) is 12.1. The average Bonchev–Trinajstić information content (AvgIpc) is 3.24. The molecule has 0 bridgehead atoms. The van der Waals surface area contributed by atoms with Crippen LogP contribution in [0.15, 0.2) is 127 Å². The van der Waals surface area contributed by atoms with Crippen LogP contribution < -0.4 is 0 Å². The van der Waals surface area contributed by atoms with Crippen molar-refractivity contribution in [3.8, 4) is 0 Å². The van der Waals surface area contributed by atoms with Crippen LogP contribution in [0.1, 0.15) is 89.9 Å². The van der Waals surface area contributed by atoms with Crippen molar-refractivity contribution in [1.82, 2.24) is 0 Å². The smallest absolute Gasteiger partial charge is 0.158 e. The molecule has 0 N–H and O–H groups in total. The molecule has 2 heterocycles. The SMILES string of the molecule is C1=CCCCC1.C1CCCCC1.C1CCOCC1.C1COCOC1.Fc1cccc(F)c1.Fc1ccccc1.Fc1ccccc1F.c1ccccc1. The van der Waals surface area contributed by atoms with Crippen LogP contribution in [0, 0.1) is 29.1 Å². The maximum Gasteiger partial charge on any atom is 0.158 e. The van der Waals surface area contributed by atoms with Crippen molar-refractivity contribution in [1.29, 1.82) is 0 Å². The Bertz CT molecular complexity index is 1210. The summed E-state index contributed by atoms with van der Waals surface area (Å²) in [6.45, 7) is 4.25. The molecular formula is C45H59F5O3. The molecule has 0 aromatic heterocycles. The van der Waals surface area contributed by atoms with Crippen LogP contribution in [0.2, 0.25) is 0 Å². The first-order valence-electron chi connectivity index (χ1n) is 18.9. The summed E-state index contributed by atoms with van der Waals surface area (Å²) in [7, 11) is 0.